The molecule has 2 aliphatic heterocycles. The minimum absolute atomic E-state index is 0.00265. The van der Waals surface area contributed by atoms with Gasteiger partial charge in [-0.15, -0.1) is 0 Å². The lowest BCUT2D eigenvalue weighted by Crippen LogP contribution is -2.62. The number of nitrogen functional groups attached to an aromatic ring is 1. The number of pyridine rings is 2. The number of urea groups is 1. The van der Waals surface area contributed by atoms with E-state index in [9.17, 15) is 4.79 Å². The average Bonchev–Trinajstić information content (AvgIpc) is 3.34. The van der Waals surface area contributed by atoms with Crippen LogP contribution in [0.1, 0.15) is 37.8 Å². The van der Waals surface area contributed by atoms with E-state index in [-0.39, 0.29) is 17.6 Å². The van der Waals surface area contributed by atoms with E-state index >= 15 is 0 Å². The van der Waals surface area contributed by atoms with Crippen LogP contribution in [0, 0.1) is 0 Å². The van der Waals surface area contributed by atoms with E-state index in [0.717, 1.165) is 43.0 Å². The molecule has 0 bridgehead atoms. The van der Waals surface area contributed by atoms with Gasteiger partial charge in [-0.05, 0) is 44.5 Å². The summed E-state index contributed by atoms with van der Waals surface area (Å²) in [6.07, 6.45) is 4.20. The number of carbonyl (C=O) groups is 1. The molecular weight excluding hydrogens is 406 g/mol. The van der Waals surface area contributed by atoms with E-state index in [0.29, 0.717) is 18.1 Å². The number of amides is 2. The van der Waals surface area contributed by atoms with Gasteiger partial charge in [0.05, 0.1) is 11.4 Å². The molecule has 32 heavy (non-hydrogen) atoms. The molecule has 1 saturated heterocycles. The van der Waals surface area contributed by atoms with Crippen molar-refractivity contribution in [2.45, 2.75) is 38.3 Å². The van der Waals surface area contributed by atoms with Gasteiger partial charge < -0.3 is 20.7 Å². The van der Waals surface area contributed by atoms with Gasteiger partial charge in [-0.3, -0.25) is 9.67 Å². The van der Waals surface area contributed by atoms with Crippen LogP contribution in [0.5, 0.6) is 5.75 Å². The summed E-state index contributed by atoms with van der Waals surface area (Å²) in [4.78, 5) is 22.7. The molecule has 1 spiro atoms. The van der Waals surface area contributed by atoms with Gasteiger partial charge >= 0.3 is 6.03 Å². The standard InChI is InChI=1S/C23H27N7O2/c1-3-25-22(31)29-13-23(14-29)7-9-30-20(23)11-18(28-30)16-10-19(21(24)27-12-16)32-15(2)17-6-4-5-8-26-17/h4-6,8,10-12,15H,3,7,9,13-14H2,1-2H3,(H2,24,27)(H,25,31). The molecule has 2 amide bonds. The van der Waals surface area contributed by atoms with Crippen molar-refractivity contribution in [2.75, 3.05) is 25.4 Å². The number of nitrogens with zero attached hydrogens (tertiary/aromatic N) is 5. The average molecular weight is 434 g/mol. The number of nitrogens with one attached hydrogen (secondary N) is 1. The second-order valence-electron chi connectivity index (χ2n) is 8.48. The highest BCUT2D eigenvalue weighted by molar-refractivity contribution is 5.76. The molecule has 3 aromatic rings. The molecule has 5 rings (SSSR count). The SMILES string of the molecule is CCNC(=O)N1CC2(CCn3nc(-c4cnc(N)c(OC(C)c5ccccn5)c4)cc32)C1. The first-order chi connectivity index (χ1) is 15.5. The maximum Gasteiger partial charge on any atom is 0.317 e. The molecule has 1 atom stereocenters. The normalized spacial score (nSPS) is 17.0. The first kappa shape index (κ1) is 20.3. The fraction of sp³-hybridized carbons (Fsp3) is 0.391. The Bertz CT molecular complexity index is 1140. The first-order valence-electron chi connectivity index (χ1n) is 10.9. The molecule has 0 saturated carbocycles. The summed E-state index contributed by atoms with van der Waals surface area (Å²) in [6.45, 7) is 6.79. The number of hydrogen-bond acceptors (Lipinski definition) is 6. The lowest BCUT2D eigenvalue weighted by Gasteiger charge is -2.47. The predicted octanol–water partition coefficient (Wildman–Crippen LogP) is 2.75. The quantitative estimate of drug-likeness (QED) is 0.640. The Kier molecular flexibility index (Phi) is 4.96. The number of rotatable bonds is 5. The lowest BCUT2D eigenvalue weighted by molar-refractivity contribution is 0.0925. The van der Waals surface area contributed by atoms with Gasteiger partial charge in [0.25, 0.3) is 0 Å². The molecule has 1 unspecified atom stereocenters. The van der Waals surface area contributed by atoms with E-state index in [1.54, 1.807) is 12.4 Å². The molecule has 9 nitrogen and oxygen atoms in total. The Labute approximate surface area is 186 Å². The highest BCUT2D eigenvalue weighted by atomic mass is 16.5. The number of nitrogens with two attached hydrogens (primary N) is 1. The second-order valence-corrected chi connectivity index (χ2v) is 8.48. The van der Waals surface area contributed by atoms with E-state index in [1.807, 2.05) is 43.0 Å². The monoisotopic (exact) mass is 433 g/mol. The summed E-state index contributed by atoms with van der Waals surface area (Å²) >= 11 is 0. The van der Waals surface area contributed by atoms with Crippen LogP contribution in [0.2, 0.25) is 0 Å². The zero-order chi connectivity index (χ0) is 22.3. The molecule has 9 heteroatoms. The largest absolute Gasteiger partial charge is 0.481 e. The number of aryl methyl sites for hydroxylation is 1. The van der Waals surface area contributed by atoms with Crippen LogP contribution in [0.15, 0.2) is 42.7 Å². The van der Waals surface area contributed by atoms with Crippen LogP contribution in [0.4, 0.5) is 10.6 Å². The number of aromatic nitrogens is 4. The van der Waals surface area contributed by atoms with Crippen molar-refractivity contribution in [1.29, 1.82) is 0 Å². The van der Waals surface area contributed by atoms with E-state index < -0.39 is 0 Å². The third kappa shape index (κ3) is 3.43. The van der Waals surface area contributed by atoms with E-state index in [1.165, 1.54) is 5.69 Å². The van der Waals surface area contributed by atoms with E-state index in [2.05, 4.69) is 26.0 Å². The van der Waals surface area contributed by atoms with Gasteiger partial charge in [0, 0.05) is 55.2 Å². The van der Waals surface area contributed by atoms with Gasteiger partial charge in [-0.1, -0.05) is 6.07 Å². The van der Waals surface area contributed by atoms with Crippen molar-refractivity contribution < 1.29 is 9.53 Å². The highest BCUT2D eigenvalue weighted by Crippen LogP contribution is 2.44. The maximum absolute atomic E-state index is 12.1. The van der Waals surface area contributed by atoms with Crippen LogP contribution < -0.4 is 15.8 Å². The number of anilines is 1. The van der Waals surface area contributed by atoms with Crippen molar-refractivity contribution in [3.05, 3.63) is 54.1 Å². The number of hydrogen-bond donors (Lipinski definition) is 2. The number of likely N-dealkylation sites (tertiary alicyclic amines) is 1. The van der Waals surface area contributed by atoms with Crippen molar-refractivity contribution in [3.63, 3.8) is 0 Å². The lowest BCUT2D eigenvalue weighted by atomic mass is 9.76. The van der Waals surface area contributed by atoms with Crippen LogP contribution in [-0.4, -0.2) is 50.3 Å². The summed E-state index contributed by atoms with van der Waals surface area (Å²) in [5, 5.41) is 7.68. The van der Waals surface area contributed by atoms with Crippen LogP contribution in [0.25, 0.3) is 11.3 Å². The second kappa shape index (κ2) is 7.81. The van der Waals surface area contributed by atoms with Gasteiger partial charge in [-0.25, -0.2) is 9.78 Å². The topological polar surface area (TPSA) is 111 Å². The fourth-order valence-corrected chi connectivity index (χ4v) is 4.57. The highest BCUT2D eigenvalue weighted by Gasteiger charge is 2.51. The zero-order valence-corrected chi connectivity index (χ0v) is 18.3. The van der Waals surface area contributed by atoms with Crippen LogP contribution >= 0.6 is 0 Å². The maximum atomic E-state index is 12.1. The number of fused-ring (bicyclic) bond motifs is 2. The zero-order valence-electron chi connectivity index (χ0n) is 18.3. The Balaban J connectivity index is 1.36. The summed E-state index contributed by atoms with van der Waals surface area (Å²) < 4.78 is 8.13. The third-order valence-electron chi connectivity index (χ3n) is 6.31. The van der Waals surface area contributed by atoms with Crippen molar-refractivity contribution in [2.24, 2.45) is 0 Å². The molecule has 0 radical (unpaired) electrons. The molecular formula is C23H27N7O2. The van der Waals surface area contributed by atoms with Crippen molar-refractivity contribution in [3.8, 4) is 17.0 Å². The van der Waals surface area contributed by atoms with Gasteiger partial charge in [0.2, 0.25) is 0 Å². The Hall–Kier alpha value is -3.62. The molecule has 1 fully saturated rings. The van der Waals surface area contributed by atoms with Gasteiger partial charge in [-0.2, -0.15) is 5.10 Å². The van der Waals surface area contributed by atoms with Gasteiger partial charge in [0.1, 0.15) is 6.10 Å². The van der Waals surface area contributed by atoms with Gasteiger partial charge in [0.15, 0.2) is 11.6 Å². The van der Waals surface area contributed by atoms with Crippen molar-refractivity contribution in [1.82, 2.24) is 30.0 Å². The number of carbonyl (C=O) groups excluding carboxylic acids is 1. The fourth-order valence-electron chi connectivity index (χ4n) is 4.57. The Morgan fingerprint density at radius 3 is 2.91 bits per heavy atom. The first-order valence-corrected chi connectivity index (χ1v) is 10.9. The molecule has 166 valence electrons. The third-order valence-corrected chi connectivity index (χ3v) is 6.31. The van der Waals surface area contributed by atoms with Crippen LogP contribution in [0.3, 0.4) is 0 Å². The Morgan fingerprint density at radius 1 is 1.31 bits per heavy atom. The molecule has 3 aromatic heterocycles. The molecule has 0 aliphatic carbocycles. The minimum Gasteiger partial charge on any atom is -0.481 e. The van der Waals surface area contributed by atoms with Crippen LogP contribution in [-0.2, 0) is 12.0 Å². The minimum atomic E-state index is -0.263. The number of ether oxygens (including phenoxy) is 1. The smallest absolute Gasteiger partial charge is 0.317 e. The predicted molar refractivity (Wildman–Crippen MR) is 120 cm³/mol. The van der Waals surface area contributed by atoms with E-state index in [4.69, 9.17) is 15.6 Å². The summed E-state index contributed by atoms with van der Waals surface area (Å²) in [5.74, 6) is 0.839. The van der Waals surface area contributed by atoms with Crippen molar-refractivity contribution >= 4 is 11.8 Å². The molecule has 3 N–H and O–H groups in total. The molecule has 0 aromatic carbocycles. The summed E-state index contributed by atoms with van der Waals surface area (Å²) in [5.41, 5.74) is 9.75. The summed E-state index contributed by atoms with van der Waals surface area (Å²) in [7, 11) is 0. The summed E-state index contributed by atoms with van der Waals surface area (Å²) in [6, 6.07) is 9.71. The molecule has 5 heterocycles. The molecule has 2 aliphatic rings. The Morgan fingerprint density at radius 2 is 2.16 bits per heavy atom.